The van der Waals surface area contributed by atoms with E-state index in [2.05, 4.69) is 0 Å². The van der Waals surface area contributed by atoms with Crippen LogP contribution in [0.5, 0.6) is 5.75 Å². The molecule has 1 aliphatic rings. The van der Waals surface area contributed by atoms with Crippen molar-refractivity contribution in [2.24, 2.45) is 0 Å². The van der Waals surface area contributed by atoms with Crippen molar-refractivity contribution in [3.8, 4) is 5.75 Å². The maximum Gasteiger partial charge on any atom is 0.267 e. The molecule has 1 aliphatic heterocycles. The standard InChI is InChI=1S/C16H20N2O4/c1-12(19)18-10-8-14(9-11-18)22-15-5-3-2-4-13(15)6-7-16(20)17-21/h2-7,14,21H,8-11H2,1H3,(H,17,20). The van der Waals surface area contributed by atoms with E-state index in [0.717, 1.165) is 18.4 Å². The second kappa shape index (κ2) is 7.61. The van der Waals surface area contributed by atoms with Crippen LogP contribution in [0, 0.1) is 0 Å². The van der Waals surface area contributed by atoms with Gasteiger partial charge in [-0.15, -0.1) is 0 Å². The minimum absolute atomic E-state index is 0.0526. The van der Waals surface area contributed by atoms with Crippen molar-refractivity contribution in [2.75, 3.05) is 13.1 Å². The topological polar surface area (TPSA) is 78.9 Å². The van der Waals surface area contributed by atoms with Gasteiger partial charge in [0.25, 0.3) is 5.91 Å². The number of amides is 2. The van der Waals surface area contributed by atoms with Crippen LogP contribution in [0.4, 0.5) is 0 Å². The predicted molar refractivity (Wildman–Crippen MR) is 81.3 cm³/mol. The normalized spacial score (nSPS) is 15.8. The molecule has 2 amide bonds. The SMILES string of the molecule is CC(=O)N1CCC(Oc2ccccc2C=CC(=O)NO)CC1. The van der Waals surface area contributed by atoms with E-state index < -0.39 is 5.91 Å². The number of benzene rings is 1. The van der Waals surface area contributed by atoms with Crippen LogP contribution in [0.25, 0.3) is 6.08 Å². The van der Waals surface area contributed by atoms with Crippen molar-refractivity contribution in [2.45, 2.75) is 25.9 Å². The van der Waals surface area contributed by atoms with Gasteiger partial charge in [-0.3, -0.25) is 14.8 Å². The lowest BCUT2D eigenvalue weighted by Gasteiger charge is -2.31. The molecule has 0 aromatic heterocycles. The number of hydrogen-bond donors (Lipinski definition) is 2. The molecule has 0 atom stereocenters. The van der Waals surface area contributed by atoms with Gasteiger partial charge in [0.1, 0.15) is 11.9 Å². The number of hydroxylamine groups is 1. The van der Waals surface area contributed by atoms with Gasteiger partial charge in [0, 0.05) is 44.5 Å². The quantitative estimate of drug-likeness (QED) is 0.503. The van der Waals surface area contributed by atoms with Crippen LogP contribution < -0.4 is 10.2 Å². The molecule has 22 heavy (non-hydrogen) atoms. The van der Waals surface area contributed by atoms with Crippen LogP contribution in [0.3, 0.4) is 0 Å². The zero-order valence-corrected chi connectivity index (χ0v) is 12.5. The summed E-state index contributed by atoms with van der Waals surface area (Å²) in [6.45, 7) is 2.98. The van der Waals surface area contributed by atoms with Crippen molar-refractivity contribution >= 4 is 17.9 Å². The number of likely N-dealkylation sites (tertiary alicyclic amines) is 1. The summed E-state index contributed by atoms with van der Waals surface area (Å²) in [5, 5.41) is 8.50. The Hall–Kier alpha value is -2.34. The van der Waals surface area contributed by atoms with Crippen molar-refractivity contribution in [3.05, 3.63) is 35.9 Å². The molecule has 6 heteroatoms. The zero-order chi connectivity index (χ0) is 15.9. The fourth-order valence-corrected chi connectivity index (χ4v) is 2.40. The molecule has 1 heterocycles. The number of ether oxygens (including phenoxy) is 1. The second-order valence-corrected chi connectivity index (χ2v) is 5.17. The molecule has 0 saturated carbocycles. The van der Waals surface area contributed by atoms with Crippen molar-refractivity contribution in [1.29, 1.82) is 0 Å². The summed E-state index contributed by atoms with van der Waals surface area (Å²) in [5.41, 5.74) is 2.31. The number of carbonyl (C=O) groups is 2. The molecule has 0 radical (unpaired) electrons. The van der Waals surface area contributed by atoms with Crippen molar-refractivity contribution in [3.63, 3.8) is 0 Å². The Kier molecular flexibility index (Phi) is 5.55. The smallest absolute Gasteiger partial charge is 0.267 e. The molecule has 1 saturated heterocycles. The van der Waals surface area contributed by atoms with Gasteiger partial charge >= 0.3 is 0 Å². The molecule has 0 spiro atoms. The fraction of sp³-hybridized carbons (Fsp3) is 0.375. The minimum Gasteiger partial charge on any atom is -0.490 e. The summed E-state index contributed by atoms with van der Waals surface area (Å²) < 4.78 is 6.00. The van der Waals surface area contributed by atoms with Gasteiger partial charge in [-0.25, -0.2) is 5.48 Å². The molecule has 1 aromatic carbocycles. The molecular formula is C16H20N2O4. The van der Waals surface area contributed by atoms with Gasteiger partial charge in [-0.2, -0.15) is 0 Å². The number of piperidine rings is 1. The first-order valence-electron chi connectivity index (χ1n) is 7.23. The Morgan fingerprint density at radius 3 is 2.64 bits per heavy atom. The average Bonchev–Trinajstić information content (AvgIpc) is 2.54. The Morgan fingerprint density at radius 2 is 2.00 bits per heavy atom. The highest BCUT2D eigenvalue weighted by molar-refractivity contribution is 5.91. The Balaban J connectivity index is 2.00. The number of carbonyl (C=O) groups excluding carboxylic acids is 2. The number of nitrogens with one attached hydrogen (secondary N) is 1. The summed E-state index contributed by atoms with van der Waals surface area (Å²) >= 11 is 0. The zero-order valence-electron chi connectivity index (χ0n) is 12.5. The Bertz CT molecular complexity index is 563. The monoisotopic (exact) mass is 304 g/mol. The van der Waals surface area contributed by atoms with E-state index in [1.165, 1.54) is 6.08 Å². The van der Waals surface area contributed by atoms with Gasteiger partial charge < -0.3 is 9.64 Å². The third kappa shape index (κ3) is 4.33. The molecule has 1 fully saturated rings. The molecule has 118 valence electrons. The molecule has 2 N–H and O–H groups in total. The van der Waals surface area contributed by atoms with Gasteiger partial charge in [0.2, 0.25) is 5.91 Å². The van der Waals surface area contributed by atoms with E-state index >= 15 is 0 Å². The first-order valence-corrected chi connectivity index (χ1v) is 7.23. The number of para-hydroxylation sites is 1. The highest BCUT2D eigenvalue weighted by atomic mass is 16.5. The second-order valence-electron chi connectivity index (χ2n) is 5.17. The Labute approximate surface area is 129 Å². The average molecular weight is 304 g/mol. The highest BCUT2D eigenvalue weighted by Gasteiger charge is 2.22. The summed E-state index contributed by atoms with van der Waals surface area (Å²) in [5.74, 6) is 0.187. The first kappa shape index (κ1) is 16.0. The van der Waals surface area contributed by atoms with E-state index in [9.17, 15) is 9.59 Å². The van der Waals surface area contributed by atoms with Crippen LogP contribution in [-0.2, 0) is 9.59 Å². The van der Waals surface area contributed by atoms with Crippen LogP contribution >= 0.6 is 0 Å². The number of rotatable bonds is 4. The molecule has 1 aromatic rings. The van der Waals surface area contributed by atoms with Crippen molar-refractivity contribution in [1.82, 2.24) is 10.4 Å². The van der Waals surface area contributed by atoms with Crippen LogP contribution in [0.15, 0.2) is 30.3 Å². The van der Waals surface area contributed by atoms with E-state index in [0.29, 0.717) is 18.8 Å². The van der Waals surface area contributed by atoms with Crippen molar-refractivity contribution < 1.29 is 19.5 Å². The Morgan fingerprint density at radius 1 is 1.32 bits per heavy atom. The number of nitrogens with zero attached hydrogens (tertiary/aromatic N) is 1. The minimum atomic E-state index is -0.593. The summed E-state index contributed by atoms with van der Waals surface area (Å²) in [7, 11) is 0. The maximum absolute atomic E-state index is 11.3. The van der Waals surface area contributed by atoms with Crippen LogP contribution in [-0.4, -0.2) is 41.1 Å². The third-order valence-corrected chi connectivity index (χ3v) is 3.62. The fourth-order valence-electron chi connectivity index (χ4n) is 2.40. The predicted octanol–water partition coefficient (Wildman–Crippen LogP) is 1.59. The summed E-state index contributed by atoms with van der Waals surface area (Å²) in [6.07, 6.45) is 4.45. The van der Waals surface area contributed by atoms with E-state index in [-0.39, 0.29) is 12.0 Å². The molecular weight excluding hydrogens is 284 g/mol. The van der Waals surface area contributed by atoms with Gasteiger partial charge in [0.15, 0.2) is 0 Å². The van der Waals surface area contributed by atoms with E-state index in [1.54, 1.807) is 18.5 Å². The van der Waals surface area contributed by atoms with Gasteiger partial charge in [0.05, 0.1) is 0 Å². The molecule has 2 rings (SSSR count). The lowest BCUT2D eigenvalue weighted by molar-refractivity contribution is -0.130. The maximum atomic E-state index is 11.3. The lowest BCUT2D eigenvalue weighted by Crippen LogP contribution is -2.40. The highest BCUT2D eigenvalue weighted by Crippen LogP contribution is 2.24. The summed E-state index contributed by atoms with van der Waals surface area (Å²) in [4.78, 5) is 24.2. The molecule has 0 aliphatic carbocycles. The molecule has 6 nitrogen and oxygen atoms in total. The summed E-state index contributed by atoms with van der Waals surface area (Å²) in [6, 6.07) is 7.39. The third-order valence-electron chi connectivity index (χ3n) is 3.62. The molecule has 0 bridgehead atoms. The van der Waals surface area contributed by atoms with E-state index in [1.807, 2.05) is 29.2 Å². The van der Waals surface area contributed by atoms with Gasteiger partial charge in [-0.05, 0) is 12.1 Å². The van der Waals surface area contributed by atoms with Crippen LogP contribution in [0.2, 0.25) is 0 Å². The largest absolute Gasteiger partial charge is 0.490 e. The number of hydrogen-bond acceptors (Lipinski definition) is 4. The molecule has 0 unspecified atom stereocenters. The van der Waals surface area contributed by atoms with Crippen LogP contribution in [0.1, 0.15) is 25.3 Å². The lowest BCUT2D eigenvalue weighted by atomic mass is 10.1. The van der Waals surface area contributed by atoms with Gasteiger partial charge in [-0.1, -0.05) is 18.2 Å². The first-order chi connectivity index (χ1) is 10.6. The van der Waals surface area contributed by atoms with E-state index in [4.69, 9.17) is 9.94 Å².